The lowest BCUT2D eigenvalue weighted by molar-refractivity contribution is 0.504. The summed E-state index contributed by atoms with van der Waals surface area (Å²) in [4.78, 5) is 0. The maximum absolute atomic E-state index is 3.60. The second kappa shape index (κ2) is 6.31. The average molecular weight is 237 g/mol. The van der Waals surface area contributed by atoms with E-state index in [2.05, 4.69) is 62.7 Å². The molecule has 1 unspecified atom stereocenters. The standard InChI is InChI=1S/C14H23NS/c1-12(15-11-14(2,3)16-4)10-13-8-6-5-7-9-13/h5-9,12,15H,10-11H2,1-4H3. The van der Waals surface area contributed by atoms with Crippen molar-refractivity contribution in [2.75, 3.05) is 12.8 Å². The molecule has 0 radical (unpaired) electrons. The van der Waals surface area contributed by atoms with Crippen LogP contribution in [0, 0.1) is 0 Å². The summed E-state index contributed by atoms with van der Waals surface area (Å²) in [5.74, 6) is 0. The van der Waals surface area contributed by atoms with Gasteiger partial charge in [0.2, 0.25) is 0 Å². The third-order valence-corrected chi connectivity index (χ3v) is 4.06. The molecule has 1 rings (SSSR count). The van der Waals surface area contributed by atoms with Crippen molar-refractivity contribution < 1.29 is 0 Å². The lowest BCUT2D eigenvalue weighted by Gasteiger charge is -2.25. The molecule has 0 spiro atoms. The third kappa shape index (κ3) is 5.04. The summed E-state index contributed by atoms with van der Waals surface area (Å²) in [6.45, 7) is 7.87. The first-order chi connectivity index (χ1) is 7.53. The zero-order valence-corrected chi connectivity index (χ0v) is 11.6. The fourth-order valence-electron chi connectivity index (χ4n) is 1.53. The zero-order valence-electron chi connectivity index (χ0n) is 10.8. The molecule has 1 aromatic carbocycles. The van der Waals surface area contributed by atoms with Gasteiger partial charge in [-0.2, -0.15) is 11.8 Å². The number of hydrogen-bond acceptors (Lipinski definition) is 2. The molecular formula is C14H23NS. The maximum atomic E-state index is 3.60. The molecule has 0 aliphatic carbocycles. The molecule has 0 saturated heterocycles. The minimum Gasteiger partial charge on any atom is -0.313 e. The van der Waals surface area contributed by atoms with Gasteiger partial charge < -0.3 is 5.32 Å². The Labute approximate surface area is 104 Å². The van der Waals surface area contributed by atoms with Crippen LogP contribution in [-0.2, 0) is 6.42 Å². The molecule has 1 aromatic rings. The monoisotopic (exact) mass is 237 g/mol. The summed E-state index contributed by atoms with van der Waals surface area (Å²) in [7, 11) is 0. The van der Waals surface area contributed by atoms with Crippen LogP contribution < -0.4 is 5.32 Å². The van der Waals surface area contributed by atoms with Gasteiger partial charge in [-0.25, -0.2) is 0 Å². The van der Waals surface area contributed by atoms with Crippen molar-refractivity contribution in [2.24, 2.45) is 0 Å². The van der Waals surface area contributed by atoms with Crippen LogP contribution in [0.2, 0.25) is 0 Å². The van der Waals surface area contributed by atoms with Crippen molar-refractivity contribution in [1.82, 2.24) is 5.32 Å². The molecule has 1 nitrogen and oxygen atoms in total. The predicted molar refractivity (Wildman–Crippen MR) is 75.2 cm³/mol. The largest absolute Gasteiger partial charge is 0.313 e. The Morgan fingerprint density at radius 2 is 1.88 bits per heavy atom. The lowest BCUT2D eigenvalue weighted by Crippen LogP contribution is -2.38. The summed E-state index contributed by atoms with van der Waals surface area (Å²) in [6, 6.07) is 11.2. The van der Waals surface area contributed by atoms with E-state index in [9.17, 15) is 0 Å². The number of hydrogen-bond donors (Lipinski definition) is 1. The van der Waals surface area contributed by atoms with Crippen LogP contribution in [0.15, 0.2) is 30.3 Å². The highest BCUT2D eigenvalue weighted by molar-refractivity contribution is 7.99. The number of nitrogens with one attached hydrogen (secondary N) is 1. The number of thioether (sulfide) groups is 1. The number of benzene rings is 1. The van der Waals surface area contributed by atoms with E-state index in [-0.39, 0.29) is 0 Å². The molecular weight excluding hydrogens is 214 g/mol. The van der Waals surface area contributed by atoms with Crippen molar-refractivity contribution >= 4 is 11.8 Å². The Balaban J connectivity index is 2.34. The molecule has 0 heterocycles. The quantitative estimate of drug-likeness (QED) is 0.814. The molecule has 90 valence electrons. The predicted octanol–water partition coefficient (Wildman–Crippen LogP) is 3.35. The van der Waals surface area contributed by atoms with Gasteiger partial charge in [0.05, 0.1) is 0 Å². The minimum absolute atomic E-state index is 0.324. The van der Waals surface area contributed by atoms with Crippen molar-refractivity contribution in [1.29, 1.82) is 0 Å². The highest BCUT2D eigenvalue weighted by atomic mass is 32.2. The normalized spacial score (nSPS) is 13.8. The van der Waals surface area contributed by atoms with Crippen LogP contribution >= 0.6 is 11.8 Å². The first-order valence-corrected chi connectivity index (χ1v) is 7.08. The van der Waals surface area contributed by atoms with E-state index in [0.717, 1.165) is 13.0 Å². The molecule has 0 fully saturated rings. The Bertz CT molecular complexity index is 295. The summed E-state index contributed by atoms with van der Waals surface area (Å²) >= 11 is 1.91. The van der Waals surface area contributed by atoms with Crippen LogP contribution in [-0.4, -0.2) is 23.6 Å². The maximum Gasteiger partial charge on any atom is 0.0225 e. The molecule has 0 amide bonds. The third-order valence-electron chi connectivity index (χ3n) is 2.81. The van der Waals surface area contributed by atoms with Crippen molar-refractivity contribution in [3.8, 4) is 0 Å². The summed E-state index contributed by atoms with van der Waals surface area (Å²) in [6.07, 6.45) is 3.27. The van der Waals surface area contributed by atoms with Crippen molar-refractivity contribution in [3.63, 3.8) is 0 Å². The van der Waals surface area contributed by atoms with Gasteiger partial charge >= 0.3 is 0 Å². The van der Waals surface area contributed by atoms with Gasteiger partial charge in [0.15, 0.2) is 0 Å². The average Bonchev–Trinajstić information content (AvgIpc) is 2.28. The first-order valence-electron chi connectivity index (χ1n) is 5.86. The van der Waals surface area contributed by atoms with E-state index in [1.54, 1.807) is 0 Å². The summed E-state index contributed by atoms with van der Waals surface area (Å²) in [5, 5.41) is 3.60. The van der Waals surface area contributed by atoms with Gasteiger partial charge in [0.25, 0.3) is 0 Å². The Kier molecular flexibility index (Phi) is 5.36. The summed E-state index contributed by atoms with van der Waals surface area (Å²) < 4.78 is 0.324. The van der Waals surface area contributed by atoms with E-state index in [4.69, 9.17) is 0 Å². The van der Waals surface area contributed by atoms with Gasteiger partial charge in [-0.15, -0.1) is 0 Å². The van der Waals surface area contributed by atoms with Gasteiger partial charge in [-0.3, -0.25) is 0 Å². The lowest BCUT2D eigenvalue weighted by atomic mass is 10.1. The molecule has 0 aromatic heterocycles. The molecule has 0 aliphatic heterocycles. The fraction of sp³-hybridized carbons (Fsp3) is 0.571. The zero-order chi connectivity index (χ0) is 12.0. The van der Waals surface area contributed by atoms with Crippen molar-refractivity contribution in [3.05, 3.63) is 35.9 Å². The molecule has 0 saturated carbocycles. The first kappa shape index (κ1) is 13.6. The molecule has 0 bridgehead atoms. The van der Waals surface area contributed by atoms with E-state index in [1.165, 1.54) is 5.56 Å². The Hall–Kier alpha value is -0.470. The Morgan fingerprint density at radius 1 is 1.25 bits per heavy atom. The molecule has 2 heteroatoms. The summed E-state index contributed by atoms with van der Waals surface area (Å²) in [5.41, 5.74) is 1.41. The van der Waals surface area contributed by atoms with E-state index in [0.29, 0.717) is 10.8 Å². The van der Waals surface area contributed by atoms with Gasteiger partial charge in [0, 0.05) is 17.3 Å². The van der Waals surface area contributed by atoms with Gasteiger partial charge in [-0.1, -0.05) is 30.3 Å². The van der Waals surface area contributed by atoms with E-state index in [1.807, 2.05) is 11.8 Å². The fourth-order valence-corrected chi connectivity index (χ4v) is 1.76. The molecule has 1 atom stereocenters. The number of rotatable bonds is 6. The topological polar surface area (TPSA) is 12.0 Å². The SMILES string of the molecule is CSC(C)(C)CNC(C)Cc1ccccc1. The van der Waals surface area contributed by atoms with Crippen LogP contribution in [0.1, 0.15) is 26.3 Å². The minimum atomic E-state index is 0.324. The molecule has 16 heavy (non-hydrogen) atoms. The van der Waals surface area contributed by atoms with Gasteiger partial charge in [-0.05, 0) is 39.0 Å². The van der Waals surface area contributed by atoms with Crippen LogP contribution in [0.3, 0.4) is 0 Å². The second-order valence-electron chi connectivity index (χ2n) is 4.94. The van der Waals surface area contributed by atoms with Crippen LogP contribution in [0.5, 0.6) is 0 Å². The molecule has 0 aliphatic rings. The van der Waals surface area contributed by atoms with E-state index < -0.39 is 0 Å². The van der Waals surface area contributed by atoms with Crippen molar-refractivity contribution in [2.45, 2.75) is 38.0 Å². The van der Waals surface area contributed by atoms with E-state index >= 15 is 0 Å². The van der Waals surface area contributed by atoms with Crippen LogP contribution in [0.25, 0.3) is 0 Å². The smallest absolute Gasteiger partial charge is 0.0225 e. The Morgan fingerprint density at radius 3 is 2.44 bits per heavy atom. The highest BCUT2D eigenvalue weighted by Gasteiger charge is 2.16. The molecule has 1 N–H and O–H groups in total. The highest BCUT2D eigenvalue weighted by Crippen LogP contribution is 2.19. The van der Waals surface area contributed by atoms with Gasteiger partial charge in [0.1, 0.15) is 0 Å². The second-order valence-corrected chi connectivity index (χ2v) is 6.45. The van der Waals surface area contributed by atoms with Crippen LogP contribution in [0.4, 0.5) is 0 Å².